The summed E-state index contributed by atoms with van der Waals surface area (Å²) in [5, 5.41) is 19.0. The highest BCUT2D eigenvalue weighted by atomic mass is 16.3. The smallest absolute Gasteiger partial charge is 0.0514 e. The summed E-state index contributed by atoms with van der Waals surface area (Å²) in [4.78, 5) is 0. The van der Waals surface area contributed by atoms with Gasteiger partial charge in [-0.15, -0.1) is 0 Å². The second kappa shape index (κ2) is 6.41. The van der Waals surface area contributed by atoms with Crippen molar-refractivity contribution in [3.63, 3.8) is 0 Å². The molecule has 0 radical (unpaired) electrons. The van der Waals surface area contributed by atoms with E-state index in [1.54, 1.807) is 0 Å². The first kappa shape index (κ1) is 13.9. The Hall–Kier alpha value is -0.0800. The molecule has 0 aromatic heterocycles. The largest absolute Gasteiger partial charge is 0.396 e. The normalized spacial score (nSPS) is 16.7. The molecule has 0 aromatic rings. The third kappa shape index (κ3) is 2.71. The summed E-state index contributed by atoms with van der Waals surface area (Å²) in [6, 6.07) is 0. The molecule has 0 rings (SSSR count). The van der Waals surface area contributed by atoms with Crippen molar-refractivity contribution >= 4 is 0 Å². The van der Waals surface area contributed by atoms with Crippen molar-refractivity contribution in [3.05, 3.63) is 0 Å². The van der Waals surface area contributed by atoms with Crippen molar-refractivity contribution in [2.24, 2.45) is 17.3 Å². The van der Waals surface area contributed by atoms with Crippen LogP contribution in [0.3, 0.4) is 0 Å². The summed E-state index contributed by atoms with van der Waals surface area (Å²) in [6.07, 6.45) is 3.19. The molecule has 2 heteroatoms. The molecular formula is C12H26O2. The molecule has 0 aliphatic rings. The summed E-state index contributed by atoms with van der Waals surface area (Å²) in [5.41, 5.74) is -0.287. The monoisotopic (exact) mass is 202 g/mol. The van der Waals surface area contributed by atoms with Crippen LogP contribution in [0, 0.1) is 17.3 Å². The van der Waals surface area contributed by atoms with Gasteiger partial charge < -0.3 is 10.2 Å². The Kier molecular flexibility index (Phi) is 6.38. The van der Waals surface area contributed by atoms with E-state index in [0.717, 1.165) is 19.3 Å². The minimum Gasteiger partial charge on any atom is -0.396 e. The van der Waals surface area contributed by atoms with E-state index in [9.17, 15) is 10.2 Å². The Morgan fingerprint density at radius 1 is 1.00 bits per heavy atom. The molecule has 0 aliphatic carbocycles. The lowest BCUT2D eigenvalue weighted by Crippen LogP contribution is -2.42. The van der Waals surface area contributed by atoms with Crippen LogP contribution >= 0.6 is 0 Å². The van der Waals surface area contributed by atoms with E-state index in [4.69, 9.17) is 0 Å². The van der Waals surface area contributed by atoms with Crippen LogP contribution in [0.15, 0.2) is 0 Å². The van der Waals surface area contributed by atoms with Crippen molar-refractivity contribution in [2.45, 2.75) is 47.0 Å². The first-order valence-corrected chi connectivity index (χ1v) is 5.80. The zero-order chi connectivity index (χ0) is 11.2. The van der Waals surface area contributed by atoms with Crippen LogP contribution in [0.25, 0.3) is 0 Å². The van der Waals surface area contributed by atoms with Gasteiger partial charge in [0, 0.05) is 5.41 Å². The van der Waals surface area contributed by atoms with Gasteiger partial charge in [0.05, 0.1) is 13.2 Å². The van der Waals surface area contributed by atoms with Gasteiger partial charge in [-0.1, -0.05) is 47.0 Å². The maximum atomic E-state index is 9.52. The zero-order valence-corrected chi connectivity index (χ0v) is 10.1. The van der Waals surface area contributed by atoms with Crippen LogP contribution in [-0.4, -0.2) is 23.4 Å². The molecule has 0 saturated carbocycles. The molecule has 0 aromatic carbocycles. The standard InChI is InChI=1S/C12H26O2/c1-5-7-11(4)12(8-13,9-14)10(3)6-2/h10-11,13-14H,5-9H2,1-4H3. The fraction of sp³-hybridized carbons (Fsp3) is 1.00. The van der Waals surface area contributed by atoms with E-state index >= 15 is 0 Å². The van der Waals surface area contributed by atoms with E-state index in [0.29, 0.717) is 11.8 Å². The third-order valence-electron chi connectivity index (χ3n) is 3.89. The molecule has 0 saturated heterocycles. The van der Waals surface area contributed by atoms with Gasteiger partial charge in [0.15, 0.2) is 0 Å². The van der Waals surface area contributed by atoms with Gasteiger partial charge in [0.25, 0.3) is 0 Å². The van der Waals surface area contributed by atoms with Crippen molar-refractivity contribution in [1.29, 1.82) is 0 Å². The van der Waals surface area contributed by atoms with E-state index in [-0.39, 0.29) is 18.6 Å². The Bertz CT molecular complexity index is 141. The second-order valence-electron chi connectivity index (χ2n) is 4.55. The predicted octanol–water partition coefficient (Wildman–Crippen LogP) is 2.44. The number of aliphatic hydroxyl groups excluding tert-OH is 2. The lowest BCUT2D eigenvalue weighted by molar-refractivity contribution is -0.0374. The first-order chi connectivity index (χ1) is 6.58. The lowest BCUT2D eigenvalue weighted by Gasteiger charge is -2.41. The van der Waals surface area contributed by atoms with Gasteiger partial charge in [-0.25, -0.2) is 0 Å². The van der Waals surface area contributed by atoms with E-state index in [1.165, 1.54) is 0 Å². The fourth-order valence-corrected chi connectivity index (χ4v) is 2.29. The Balaban J connectivity index is 4.66. The molecule has 0 bridgehead atoms. The zero-order valence-electron chi connectivity index (χ0n) is 10.1. The van der Waals surface area contributed by atoms with Gasteiger partial charge in [-0.2, -0.15) is 0 Å². The maximum Gasteiger partial charge on any atom is 0.0514 e. The highest BCUT2D eigenvalue weighted by molar-refractivity contribution is 4.87. The van der Waals surface area contributed by atoms with Gasteiger partial charge in [0.2, 0.25) is 0 Å². The summed E-state index contributed by atoms with van der Waals surface area (Å²) >= 11 is 0. The molecule has 2 atom stereocenters. The highest BCUT2D eigenvalue weighted by Gasteiger charge is 2.38. The average Bonchev–Trinajstić information content (AvgIpc) is 2.20. The summed E-state index contributed by atoms with van der Waals surface area (Å²) in [7, 11) is 0. The summed E-state index contributed by atoms with van der Waals surface area (Å²) in [5.74, 6) is 0.761. The van der Waals surface area contributed by atoms with Crippen LogP contribution in [0.4, 0.5) is 0 Å². The number of rotatable bonds is 7. The lowest BCUT2D eigenvalue weighted by atomic mass is 9.66. The minimum absolute atomic E-state index is 0.0969. The quantitative estimate of drug-likeness (QED) is 0.665. The summed E-state index contributed by atoms with van der Waals surface area (Å²) in [6.45, 7) is 8.72. The molecule has 2 N–H and O–H groups in total. The van der Waals surface area contributed by atoms with E-state index in [1.807, 2.05) is 0 Å². The van der Waals surface area contributed by atoms with Crippen molar-refractivity contribution in [2.75, 3.05) is 13.2 Å². The molecule has 2 nitrogen and oxygen atoms in total. The molecule has 14 heavy (non-hydrogen) atoms. The SMILES string of the molecule is CCCC(C)C(CO)(CO)C(C)CC. The number of hydrogen-bond donors (Lipinski definition) is 2. The highest BCUT2D eigenvalue weighted by Crippen LogP contribution is 2.39. The summed E-state index contributed by atoms with van der Waals surface area (Å²) < 4.78 is 0. The van der Waals surface area contributed by atoms with Crippen LogP contribution in [0.2, 0.25) is 0 Å². The van der Waals surface area contributed by atoms with Gasteiger partial charge in [-0.05, 0) is 11.8 Å². The Morgan fingerprint density at radius 3 is 1.79 bits per heavy atom. The number of hydrogen-bond acceptors (Lipinski definition) is 2. The minimum atomic E-state index is -0.287. The fourth-order valence-electron chi connectivity index (χ4n) is 2.29. The second-order valence-corrected chi connectivity index (χ2v) is 4.55. The van der Waals surface area contributed by atoms with E-state index < -0.39 is 0 Å². The van der Waals surface area contributed by atoms with Crippen LogP contribution in [0.1, 0.15) is 47.0 Å². The van der Waals surface area contributed by atoms with Gasteiger partial charge in [0.1, 0.15) is 0 Å². The molecular weight excluding hydrogens is 176 g/mol. The van der Waals surface area contributed by atoms with Crippen LogP contribution < -0.4 is 0 Å². The first-order valence-electron chi connectivity index (χ1n) is 5.80. The molecule has 0 heterocycles. The van der Waals surface area contributed by atoms with Crippen molar-refractivity contribution in [1.82, 2.24) is 0 Å². The third-order valence-corrected chi connectivity index (χ3v) is 3.89. The molecule has 0 fully saturated rings. The predicted molar refractivity (Wildman–Crippen MR) is 60.1 cm³/mol. The molecule has 86 valence electrons. The number of aliphatic hydroxyl groups is 2. The molecule has 2 unspecified atom stereocenters. The maximum absolute atomic E-state index is 9.52. The molecule has 0 aliphatic heterocycles. The van der Waals surface area contributed by atoms with Gasteiger partial charge in [-0.3, -0.25) is 0 Å². The van der Waals surface area contributed by atoms with Crippen molar-refractivity contribution in [3.8, 4) is 0 Å². The van der Waals surface area contributed by atoms with Crippen molar-refractivity contribution < 1.29 is 10.2 Å². The molecule has 0 amide bonds. The van der Waals surface area contributed by atoms with E-state index in [2.05, 4.69) is 27.7 Å². The molecule has 0 spiro atoms. The van der Waals surface area contributed by atoms with Gasteiger partial charge >= 0.3 is 0 Å². The van der Waals surface area contributed by atoms with Crippen LogP contribution in [-0.2, 0) is 0 Å². The average molecular weight is 202 g/mol. The Labute approximate surface area is 88.3 Å². The van der Waals surface area contributed by atoms with Crippen LogP contribution in [0.5, 0.6) is 0 Å². The topological polar surface area (TPSA) is 40.5 Å². The Morgan fingerprint density at radius 2 is 1.50 bits per heavy atom.